The van der Waals surface area contributed by atoms with Gasteiger partial charge in [0.05, 0.1) is 18.7 Å². The van der Waals surface area contributed by atoms with Crippen molar-refractivity contribution in [2.75, 3.05) is 19.6 Å². The number of amides is 1. The molecule has 1 aliphatic heterocycles. The van der Waals surface area contributed by atoms with Gasteiger partial charge in [0.15, 0.2) is 0 Å². The molecule has 92 valence electrons. The summed E-state index contributed by atoms with van der Waals surface area (Å²) in [6, 6.07) is -0.200. The van der Waals surface area contributed by atoms with E-state index in [2.05, 4.69) is 5.32 Å². The molecule has 5 nitrogen and oxygen atoms in total. The quantitative estimate of drug-likeness (QED) is 0.696. The maximum Gasteiger partial charge on any atom is 0.320 e. The zero-order valence-corrected chi connectivity index (χ0v) is 10.2. The van der Waals surface area contributed by atoms with Crippen molar-refractivity contribution in [3.05, 3.63) is 0 Å². The largest absolute Gasteiger partial charge is 0.462 e. The summed E-state index contributed by atoms with van der Waals surface area (Å²) < 4.78 is 5.07. The third-order valence-electron chi connectivity index (χ3n) is 2.53. The number of nitrogens with one attached hydrogen (secondary N) is 1. The van der Waals surface area contributed by atoms with Crippen molar-refractivity contribution >= 4 is 11.9 Å². The lowest BCUT2D eigenvalue weighted by molar-refractivity contribution is -0.150. The van der Waals surface area contributed by atoms with Crippen LogP contribution in [0.5, 0.6) is 0 Å². The Bertz CT molecular complexity index is 266. The highest BCUT2D eigenvalue weighted by Gasteiger charge is 2.29. The molecule has 0 aromatic rings. The number of ether oxygens (including phenoxy) is 1. The topological polar surface area (TPSA) is 58.6 Å². The van der Waals surface area contributed by atoms with Gasteiger partial charge in [-0.15, -0.1) is 0 Å². The highest BCUT2D eigenvalue weighted by molar-refractivity contribution is 5.83. The van der Waals surface area contributed by atoms with Gasteiger partial charge < -0.3 is 10.1 Å². The molecule has 1 amide bonds. The molecule has 0 radical (unpaired) electrons. The predicted octanol–water partition coefficient (Wildman–Crippen LogP) is 0.148. The van der Waals surface area contributed by atoms with Gasteiger partial charge in [0.25, 0.3) is 0 Å². The first-order valence-electron chi connectivity index (χ1n) is 5.75. The molecule has 1 heterocycles. The van der Waals surface area contributed by atoms with Gasteiger partial charge >= 0.3 is 5.97 Å². The summed E-state index contributed by atoms with van der Waals surface area (Å²) in [6.45, 7) is 7.08. The third-order valence-corrected chi connectivity index (χ3v) is 2.53. The van der Waals surface area contributed by atoms with E-state index in [0.717, 1.165) is 0 Å². The fourth-order valence-electron chi connectivity index (χ4n) is 1.86. The Balaban J connectivity index is 2.50. The standard InChI is InChI=1S/C11H20N2O3/c1-4-9-11(15)12-5-6-13(9)7-10(14)16-8(2)3/h8-9H,4-7H2,1-3H3,(H,12,15). The Morgan fingerprint density at radius 1 is 1.62 bits per heavy atom. The molecular formula is C11H20N2O3. The summed E-state index contributed by atoms with van der Waals surface area (Å²) >= 11 is 0. The van der Waals surface area contributed by atoms with Crippen LogP contribution in [0.1, 0.15) is 27.2 Å². The number of hydrogen-bond donors (Lipinski definition) is 1. The van der Waals surface area contributed by atoms with Crippen molar-refractivity contribution < 1.29 is 14.3 Å². The highest BCUT2D eigenvalue weighted by Crippen LogP contribution is 2.08. The smallest absolute Gasteiger partial charge is 0.320 e. The van der Waals surface area contributed by atoms with Gasteiger partial charge in [0, 0.05) is 13.1 Å². The Morgan fingerprint density at radius 2 is 2.31 bits per heavy atom. The summed E-state index contributed by atoms with van der Waals surface area (Å²) in [4.78, 5) is 24.9. The Morgan fingerprint density at radius 3 is 2.88 bits per heavy atom. The van der Waals surface area contributed by atoms with Crippen molar-refractivity contribution in [1.29, 1.82) is 0 Å². The van der Waals surface area contributed by atoms with Gasteiger partial charge in [-0.05, 0) is 20.3 Å². The Kier molecular flexibility index (Phi) is 4.73. The molecule has 1 rings (SSSR count). The summed E-state index contributed by atoms with van der Waals surface area (Å²) in [5, 5.41) is 2.79. The molecule has 0 aliphatic carbocycles. The minimum absolute atomic E-state index is 0.00565. The minimum atomic E-state index is -0.261. The van der Waals surface area contributed by atoms with Crippen molar-refractivity contribution in [1.82, 2.24) is 10.2 Å². The molecule has 0 bridgehead atoms. The number of carbonyl (C=O) groups is 2. The average Bonchev–Trinajstić information content (AvgIpc) is 2.16. The van der Waals surface area contributed by atoms with Crippen LogP contribution in [-0.2, 0) is 14.3 Å². The first kappa shape index (κ1) is 13.0. The fourth-order valence-corrected chi connectivity index (χ4v) is 1.86. The van der Waals surface area contributed by atoms with Crippen LogP contribution >= 0.6 is 0 Å². The first-order valence-corrected chi connectivity index (χ1v) is 5.75. The maximum atomic E-state index is 11.5. The van der Waals surface area contributed by atoms with E-state index in [-0.39, 0.29) is 30.6 Å². The van der Waals surface area contributed by atoms with Crippen LogP contribution in [-0.4, -0.2) is 48.6 Å². The normalized spacial score (nSPS) is 22.0. The van der Waals surface area contributed by atoms with Crippen LogP contribution in [0.15, 0.2) is 0 Å². The molecule has 1 unspecified atom stereocenters. The lowest BCUT2D eigenvalue weighted by atomic mass is 10.1. The van der Waals surface area contributed by atoms with E-state index in [0.29, 0.717) is 19.5 Å². The molecule has 5 heteroatoms. The molecule has 0 spiro atoms. The predicted molar refractivity (Wildman–Crippen MR) is 59.9 cm³/mol. The SMILES string of the molecule is CCC1C(=O)NCCN1CC(=O)OC(C)C. The van der Waals surface area contributed by atoms with Crippen molar-refractivity contribution in [3.63, 3.8) is 0 Å². The molecule has 1 fully saturated rings. The van der Waals surface area contributed by atoms with E-state index >= 15 is 0 Å². The molecule has 1 saturated heterocycles. The van der Waals surface area contributed by atoms with Crippen LogP contribution in [0, 0.1) is 0 Å². The number of hydrogen-bond acceptors (Lipinski definition) is 4. The lowest BCUT2D eigenvalue weighted by Crippen LogP contribution is -2.56. The average molecular weight is 228 g/mol. The Labute approximate surface area is 96.1 Å². The summed E-state index contributed by atoms with van der Waals surface area (Å²) in [7, 11) is 0. The van der Waals surface area contributed by atoms with Gasteiger partial charge in [-0.3, -0.25) is 14.5 Å². The third kappa shape index (κ3) is 3.48. The maximum absolute atomic E-state index is 11.5. The van der Waals surface area contributed by atoms with Gasteiger partial charge in [-0.25, -0.2) is 0 Å². The molecule has 16 heavy (non-hydrogen) atoms. The second kappa shape index (κ2) is 5.84. The van der Waals surface area contributed by atoms with E-state index in [1.54, 1.807) is 0 Å². The molecule has 0 aromatic heterocycles. The summed E-state index contributed by atoms with van der Waals surface area (Å²) in [5.74, 6) is -0.255. The highest BCUT2D eigenvalue weighted by atomic mass is 16.5. The number of carbonyl (C=O) groups excluding carboxylic acids is 2. The van der Waals surface area contributed by atoms with Crippen LogP contribution in [0.2, 0.25) is 0 Å². The minimum Gasteiger partial charge on any atom is -0.462 e. The molecule has 1 N–H and O–H groups in total. The monoisotopic (exact) mass is 228 g/mol. The number of rotatable bonds is 4. The van der Waals surface area contributed by atoms with E-state index < -0.39 is 0 Å². The van der Waals surface area contributed by atoms with Crippen LogP contribution in [0.3, 0.4) is 0 Å². The van der Waals surface area contributed by atoms with Gasteiger partial charge in [0.2, 0.25) is 5.91 Å². The van der Waals surface area contributed by atoms with E-state index in [9.17, 15) is 9.59 Å². The summed E-state index contributed by atoms with van der Waals surface area (Å²) in [5.41, 5.74) is 0. The number of nitrogens with zero attached hydrogens (tertiary/aromatic N) is 1. The Hall–Kier alpha value is -1.10. The number of esters is 1. The molecule has 1 atom stereocenters. The van der Waals surface area contributed by atoms with Gasteiger partial charge in [0.1, 0.15) is 0 Å². The van der Waals surface area contributed by atoms with Crippen LogP contribution < -0.4 is 5.32 Å². The lowest BCUT2D eigenvalue weighted by Gasteiger charge is -2.33. The summed E-state index contributed by atoms with van der Waals surface area (Å²) in [6.07, 6.45) is 0.604. The van der Waals surface area contributed by atoms with E-state index in [4.69, 9.17) is 4.74 Å². The molecule has 0 aromatic carbocycles. The van der Waals surface area contributed by atoms with Crippen molar-refractivity contribution in [2.45, 2.75) is 39.3 Å². The van der Waals surface area contributed by atoms with Gasteiger partial charge in [-0.2, -0.15) is 0 Å². The van der Waals surface area contributed by atoms with Crippen molar-refractivity contribution in [2.24, 2.45) is 0 Å². The second-order valence-corrected chi connectivity index (χ2v) is 4.22. The first-order chi connectivity index (χ1) is 7.54. The zero-order valence-electron chi connectivity index (χ0n) is 10.2. The molecule has 1 aliphatic rings. The zero-order chi connectivity index (χ0) is 12.1. The molecular weight excluding hydrogens is 208 g/mol. The van der Waals surface area contributed by atoms with Crippen molar-refractivity contribution in [3.8, 4) is 0 Å². The van der Waals surface area contributed by atoms with E-state index in [1.165, 1.54) is 0 Å². The molecule has 0 saturated carbocycles. The van der Waals surface area contributed by atoms with E-state index in [1.807, 2.05) is 25.7 Å². The van der Waals surface area contributed by atoms with Gasteiger partial charge in [-0.1, -0.05) is 6.92 Å². The second-order valence-electron chi connectivity index (χ2n) is 4.22. The fraction of sp³-hybridized carbons (Fsp3) is 0.818. The van der Waals surface area contributed by atoms with Crippen LogP contribution in [0.4, 0.5) is 0 Å². The van der Waals surface area contributed by atoms with Crippen LogP contribution in [0.25, 0.3) is 0 Å². The number of piperazine rings is 1.